The number of nitrogens with zero attached hydrogens (tertiary/aromatic N) is 2. The van der Waals surface area contributed by atoms with Gasteiger partial charge in [0, 0.05) is 24.2 Å². The molecule has 0 saturated heterocycles. The third-order valence-electron chi connectivity index (χ3n) is 6.03. The Morgan fingerprint density at radius 2 is 1.69 bits per heavy atom. The highest BCUT2D eigenvalue weighted by molar-refractivity contribution is 7.92. The molecule has 0 radical (unpaired) electrons. The van der Waals surface area contributed by atoms with Crippen LogP contribution in [-0.2, 0) is 26.2 Å². The molecule has 2 amide bonds. The summed E-state index contributed by atoms with van der Waals surface area (Å²) in [5.41, 5.74) is 0.797. The van der Waals surface area contributed by atoms with Crippen molar-refractivity contribution < 1.29 is 27.5 Å². The molecule has 3 aromatic rings. The summed E-state index contributed by atoms with van der Waals surface area (Å²) in [7, 11) is -1.39. The van der Waals surface area contributed by atoms with Crippen LogP contribution < -0.4 is 19.1 Å². The lowest BCUT2D eigenvalue weighted by Gasteiger charge is -2.32. The molecule has 0 aliphatic rings. The summed E-state index contributed by atoms with van der Waals surface area (Å²) in [6, 6.07) is 18.5. The van der Waals surface area contributed by atoms with E-state index in [0.29, 0.717) is 22.9 Å². The second-order valence-electron chi connectivity index (χ2n) is 8.58. The van der Waals surface area contributed by atoms with Crippen molar-refractivity contribution in [2.75, 3.05) is 31.6 Å². The fourth-order valence-electron chi connectivity index (χ4n) is 3.96. The Hall–Kier alpha value is -3.76. The number of carbonyl (C=O) groups is 2. The number of amides is 2. The Labute approximate surface area is 234 Å². The number of likely N-dealkylation sites (N-methyl/N-ethyl adjacent to an activating group) is 1. The van der Waals surface area contributed by atoms with Crippen LogP contribution in [0, 0.1) is 0 Å². The number of anilines is 1. The summed E-state index contributed by atoms with van der Waals surface area (Å²) in [4.78, 5) is 28.1. The third-order valence-corrected chi connectivity index (χ3v) is 8.03. The average Bonchev–Trinajstić information content (AvgIpc) is 2.94. The van der Waals surface area contributed by atoms with Gasteiger partial charge in [-0.05, 0) is 55.8 Å². The number of sulfonamides is 1. The van der Waals surface area contributed by atoms with E-state index in [9.17, 15) is 18.0 Å². The number of nitrogens with one attached hydrogen (secondary N) is 1. The molecule has 0 saturated carbocycles. The molecular formula is C28H32ClN3O6S. The number of rotatable bonds is 12. The zero-order valence-electron chi connectivity index (χ0n) is 22.3. The van der Waals surface area contributed by atoms with Gasteiger partial charge in [-0.15, -0.1) is 0 Å². The van der Waals surface area contributed by atoms with E-state index in [1.807, 2.05) is 0 Å². The highest BCUT2D eigenvalue weighted by Crippen LogP contribution is 2.36. The molecule has 1 N–H and O–H groups in total. The number of halogens is 1. The highest BCUT2D eigenvalue weighted by Gasteiger charge is 2.34. The van der Waals surface area contributed by atoms with Gasteiger partial charge in [-0.2, -0.15) is 0 Å². The fourth-order valence-corrected chi connectivity index (χ4v) is 5.61. The zero-order valence-corrected chi connectivity index (χ0v) is 23.8. The highest BCUT2D eigenvalue weighted by atomic mass is 35.5. The SMILES string of the molecule is CCNC(=O)C(C)N(Cc1cccc(Cl)c1)C(=O)CN(c1cc(OC)ccc1OC)S(=O)(=O)c1ccccc1. The summed E-state index contributed by atoms with van der Waals surface area (Å²) in [5.74, 6) is -0.373. The molecule has 0 aromatic heterocycles. The van der Waals surface area contributed by atoms with E-state index in [0.717, 1.165) is 4.31 Å². The van der Waals surface area contributed by atoms with Gasteiger partial charge in [0.25, 0.3) is 10.0 Å². The van der Waals surface area contributed by atoms with Gasteiger partial charge in [-0.25, -0.2) is 8.42 Å². The maximum absolute atomic E-state index is 13.9. The second-order valence-corrected chi connectivity index (χ2v) is 10.9. The molecule has 11 heteroatoms. The lowest BCUT2D eigenvalue weighted by molar-refractivity contribution is -0.139. The van der Waals surface area contributed by atoms with Gasteiger partial charge in [0.05, 0.1) is 24.8 Å². The number of hydrogen-bond donors (Lipinski definition) is 1. The summed E-state index contributed by atoms with van der Waals surface area (Å²) >= 11 is 6.16. The molecule has 0 fully saturated rings. The molecule has 1 atom stereocenters. The summed E-state index contributed by atoms with van der Waals surface area (Å²) in [6.07, 6.45) is 0. The molecule has 0 bridgehead atoms. The molecule has 0 aliphatic carbocycles. The maximum Gasteiger partial charge on any atom is 0.264 e. The van der Waals surface area contributed by atoms with Crippen LogP contribution in [0.3, 0.4) is 0 Å². The molecule has 9 nitrogen and oxygen atoms in total. The van der Waals surface area contributed by atoms with Crippen LogP contribution >= 0.6 is 11.6 Å². The van der Waals surface area contributed by atoms with E-state index in [4.69, 9.17) is 21.1 Å². The predicted octanol–water partition coefficient (Wildman–Crippen LogP) is 4.11. The van der Waals surface area contributed by atoms with Crippen molar-refractivity contribution in [1.82, 2.24) is 10.2 Å². The summed E-state index contributed by atoms with van der Waals surface area (Å²) < 4.78 is 39.6. The van der Waals surface area contributed by atoms with Crippen LogP contribution in [0.4, 0.5) is 5.69 Å². The normalized spacial score (nSPS) is 11.8. The Balaban J connectivity index is 2.11. The van der Waals surface area contributed by atoms with Gasteiger partial charge < -0.3 is 19.7 Å². The fraction of sp³-hybridized carbons (Fsp3) is 0.286. The van der Waals surface area contributed by atoms with E-state index in [-0.39, 0.29) is 28.8 Å². The van der Waals surface area contributed by atoms with Gasteiger partial charge in [-0.1, -0.05) is 41.9 Å². The molecule has 0 heterocycles. The minimum Gasteiger partial charge on any atom is -0.497 e. The quantitative estimate of drug-likeness (QED) is 0.350. The first kappa shape index (κ1) is 29.8. The molecular weight excluding hydrogens is 542 g/mol. The molecule has 0 aliphatic heterocycles. The zero-order chi connectivity index (χ0) is 28.6. The summed E-state index contributed by atoms with van der Waals surface area (Å²) in [5, 5.41) is 3.20. The van der Waals surface area contributed by atoms with Gasteiger partial charge in [0.1, 0.15) is 24.1 Å². The van der Waals surface area contributed by atoms with Crippen LogP contribution in [0.15, 0.2) is 77.7 Å². The number of hydrogen-bond acceptors (Lipinski definition) is 6. The molecule has 1 unspecified atom stereocenters. The lowest BCUT2D eigenvalue weighted by atomic mass is 10.1. The Bertz CT molecular complexity index is 1400. The predicted molar refractivity (Wildman–Crippen MR) is 151 cm³/mol. The summed E-state index contributed by atoms with van der Waals surface area (Å²) in [6.45, 7) is 3.17. The van der Waals surface area contributed by atoms with Gasteiger partial charge in [0.15, 0.2) is 0 Å². The standard InChI is InChI=1S/C28H32ClN3O6S/c1-5-30-28(34)20(2)31(18-21-10-9-11-22(29)16-21)27(33)19-32(39(35,36)24-12-7-6-8-13-24)25-17-23(37-3)14-15-26(25)38-4/h6-17,20H,5,18-19H2,1-4H3,(H,30,34). The van der Waals surface area contributed by atoms with Gasteiger partial charge in [0.2, 0.25) is 11.8 Å². The second kappa shape index (κ2) is 13.3. The number of benzene rings is 3. The maximum atomic E-state index is 13.9. The molecule has 3 aromatic carbocycles. The largest absolute Gasteiger partial charge is 0.497 e. The molecule has 0 spiro atoms. The third kappa shape index (κ3) is 7.21. The van der Waals surface area contributed by atoms with Crippen molar-refractivity contribution in [2.45, 2.75) is 31.3 Å². The van der Waals surface area contributed by atoms with Crippen LogP contribution in [0.5, 0.6) is 11.5 Å². The van der Waals surface area contributed by atoms with E-state index in [2.05, 4.69) is 5.32 Å². The Kier molecular flexibility index (Phi) is 10.2. The van der Waals surface area contributed by atoms with Crippen LogP contribution in [-0.4, -0.2) is 58.5 Å². The first-order valence-electron chi connectivity index (χ1n) is 12.2. The number of carbonyl (C=O) groups excluding carboxylic acids is 2. The van der Waals surface area contributed by atoms with E-state index >= 15 is 0 Å². The van der Waals surface area contributed by atoms with Crippen molar-refractivity contribution >= 4 is 39.1 Å². The van der Waals surface area contributed by atoms with Crippen LogP contribution in [0.1, 0.15) is 19.4 Å². The minimum atomic E-state index is -4.25. The van der Waals surface area contributed by atoms with Crippen molar-refractivity contribution in [1.29, 1.82) is 0 Å². The van der Waals surface area contributed by atoms with E-state index in [1.165, 1.54) is 37.3 Å². The smallest absolute Gasteiger partial charge is 0.264 e. The molecule has 39 heavy (non-hydrogen) atoms. The average molecular weight is 574 g/mol. The molecule has 3 rings (SSSR count). The first-order valence-corrected chi connectivity index (χ1v) is 14.1. The number of ether oxygens (including phenoxy) is 2. The van der Waals surface area contributed by atoms with Crippen molar-refractivity contribution in [3.8, 4) is 11.5 Å². The lowest BCUT2D eigenvalue weighted by Crippen LogP contribution is -2.51. The first-order chi connectivity index (χ1) is 18.6. The van der Waals surface area contributed by atoms with Gasteiger partial charge >= 0.3 is 0 Å². The monoisotopic (exact) mass is 573 g/mol. The Morgan fingerprint density at radius 3 is 2.31 bits per heavy atom. The topological polar surface area (TPSA) is 105 Å². The molecule has 208 valence electrons. The van der Waals surface area contributed by atoms with Crippen molar-refractivity contribution in [3.63, 3.8) is 0 Å². The van der Waals surface area contributed by atoms with Gasteiger partial charge in [-0.3, -0.25) is 13.9 Å². The van der Waals surface area contributed by atoms with Crippen LogP contribution in [0.25, 0.3) is 0 Å². The van der Waals surface area contributed by atoms with Crippen molar-refractivity contribution in [3.05, 3.63) is 83.4 Å². The Morgan fingerprint density at radius 1 is 0.974 bits per heavy atom. The van der Waals surface area contributed by atoms with E-state index in [1.54, 1.807) is 68.4 Å². The minimum absolute atomic E-state index is 0.0131. The van der Waals surface area contributed by atoms with Crippen molar-refractivity contribution in [2.24, 2.45) is 0 Å². The number of methoxy groups -OCH3 is 2. The van der Waals surface area contributed by atoms with E-state index < -0.39 is 28.5 Å². The van der Waals surface area contributed by atoms with Crippen LogP contribution in [0.2, 0.25) is 5.02 Å².